The van der Waals surface area contributed by atoms with Gasteiger partial charge in [0.25, 0.3) is 0 Å². The van der Waals surface area contributed by atoms with Gasteiger partial charge in [0.15, 0.2) is 0 Å². The van der Waals surface area contributed by atoms with Crippen molar-refractivity contribution in [1.29, 1.82) is 5.26 Å². The molecule has 2 aromatic rings. The minimum Gasteiger partial charge on any atom is -0.383 e. The van der Waals surface area contributed by atoms with Gasteiger partial charge < -0.3 is 16.0 Å². The van der Waals surface area contributed by atoms with E-state index in [-0.39, 0.29) is 0 Å². The third-order valence-electron chi connectivity index (χ3n) is 5.69. The van der Waals surface area contributed by atoms with E-state index < -0.39 is 0 Å². The van der Waals surface area contributed by atoms with Gasteiger partial charge in [0.05, 0.1) is 22.8 Å². The van der Waals surface area contributed by atoms with Crippen molar-refractivity contribution in [3.8, 4) is 17.3 Å². The standard InChI is InChI=1S/C18H21N7/c19-9-13-15(14-8-12-10-21-4-1-5-25(12)23-14)17-16(22-18(13)20)11-2-6-24(17)7-3-11/h8,11,21H,1-7,10H2,(H2,20,22). The number of hydrogen-bond acceptors (Lipinski definition) is 6. The maximum Gasteiger partial charge on any atom is 0.142 e. The van der Waals surface area contributed by atoms with Crippen LogP contribution in [0.1, 0.15) is 42.1 Å². The lowest BCUT2D eigenvalue weighted by Crippen LogP contribution is -2.40. The molecule has 25 heavy (non-hydrogen) atoms. The van der Waals surface area contributed by atoms with Gasteiger partial charge in [0.1, 0.15) is 17.5 Å². The van der Waals surface area contributed by atoms with Crippen molar-refractivity contribution in [2.45, 2.75) is 38.3 Å². The molecular weight excluding hydrogens is 314 g/mol. The summed E-state index contributed by atoms with van der Waals surface area (Å²) in [4.78, 5) is 6.98. The van der Waals surface area contributed by atoms with E-state index in [0.29, 0.717) is 17.3 Å². The predicted octanol–water partition coefficient (Wildman–Crippen LogP) is 1.59. The average Bonchev–Trinajstić information content (AvgIpc) is 2.91. The van der Waals surface area contributed by atoms with Crippen LogP contribution < -0.4 is 16.0 Å². The normalized spacial score (nSPS) is 19.2. The fraction of sp³-hybridized carbons (Fsp3) is 0.500. The Morgan fingerprint density at radius 1 is 1.28 bits per heavy atom. The molecule has 4 aliphatic heterocycles. The number of nitrogen functional groups attached to an aromatic ring is 1. The summed E-state index contributed by atoms with van der Waals surface area (Å²) in [5, 5.41) is 18.0. The summed E-state index contributed by atoms with van der Waals surface area (Å²) >= 11 is 0. The molecule has 0 amide bonds. The van der Waals surface area contributed by atoms with Crippen molar-refractivity contribution in [3.05, 3.63) is 23.0 Å². The molecule has 1 saturated heterocycles. The maximum atomic E-state index is 9.74. The Balaban J connectivity index is 1.75. The number of nitriles is 1. The molecule has 0 unspecified atom stereocenters. The Morgan fingerprint density at radius 2 is 2.12 bits per heavy atom. The lowest BCUT2D eigenvalue weighted by molar-refractivity contribution is 0.465. The van der Waals surface area contributed by atoms with E-state index in [1.54, 1.807) is 0 Å². The number of fused-ring (bicyclic) bond motifs is 3. The predicted molar refractivity (Wildman–Crippen MR) is 95.1 cm³/mol. The van der Waals surface area contributed by atoms with E-state index in [1.165, 1.54) is 0 Å². The number of pyridine rings is 1. The Hall–Kier alpha value is -2.59. The third-order valence-corrected chi connectivity index (χ3v) is 5.69. The molecule has 3 N–H and O–H groups in total. The minimum atomic E-state index is 0.339. The molecule has 0 atom stereocenters. The van der Waals surface area contributed by atoms with Crippen molar-refractivity contribution < 1.29 is 0 Å². The van der Waals surface area contributed by atoms with Gasteiger partial charge in [-0.25, -0.2) is 4.98 Å². The molecule has 1 fully saturated rings. The van der Waals surface area contributed by atoms with Crippen LogP contribution in [-0.4, -0.2) is 34.4 Å². The molecule has 0 aromatic carbocycles. The number of aromatic nitrogens is 3. The number of piperidine rings is 1. The van der Waals surface area contributed by atoms with Crippen LogP contribution >= 0.6 is 0 Å². The van der Waals surface area contributed by atoms with Crippen molar-refractivity contribution in [2.75, 3.05) is 30.3 Å². The maximum absolute atomic E-state index is 9.74. The van der Waals surface area contributed by atoms with Gasteiger partial charge >= 0.3 is 0 Å². The zero-order chi connectivity index (χ0) is 17.0. The molecule has 7 heteroatoms. The minimum absolute atomic E-state index is 0.339. The topological polar surface area (TPSA) is 95.8 Å². The first-order valence-electron chi connectivity index (χ1n) is 9.02. The Kier molecular flexibility index (Phi) is 3.22. The van der Waals surface area contributed by atoms with Crippen LogP contribution in [0.2, 0.25) is 0 Å². The van der Waals surface area contributed by atoms with E-state index in [2.05, 4.69) is 32.0 Å². The molecular formula is C18H21N7. The second-order valence-corrected chi connectivity index (χ2v) is 7.13. The molecule has 0 saturated carbocycles. The molecule has 128 valence electrons. The Labute approximate surface area is 146 Å². The molecule has 6 rings (SSSR count). The molecule has 0 spiro atoms. The van der Waals surface area contributed by atoms with Crippen molar-refractivity contribution in [2.24, 2.45) is 0 Å². The lowest BCUT2D eigenvalue weighted by Gasteiger charge is -2.42. The highest BCUT2D eigenvalue weighted by Crippen LogP contribution is 2.48. The largest absolute Gasteiger partial charge is 0.383 e. The first kappa shape index (κ1) is 14.7. The molecule has 6 heterocycles. The van der Waals surface area contributed by atoms with Crippen molar-refractivity contribution >= 4 is 11.5 Å². The van der Waals surface area contributed by atoms with E-state index in [1.807, 2.05) is 0 Å². The molecule has 2 bridgehead atoms. The van der Waals surface area contributed by atoms with Crippen molar-refractivity contribution in [1.82, 2.24) is 20.1 Å². The lowest BCUT2D eigenvalue weighted by atomic mass is 9.83. The first-order valence-corrected chi connectivity index (χ1v) is 9.02. The summed E-state index contributed by atoms with van der Waals surface area (Å²) in [5.41, 5.74) is 11.7. The van der Waals surface area contributed by atoms with Crippen LogP contribution in [0.5, 0.6) is 0 Å². The second-order valence-electron chi connectivity index (χ2n) is 7.13. The number of aryl methyl sites for hydroxylation is 1. The number of nitrogens with one attached hydrogen (secondary N) is 1. The number of nitrogens with two attached hydrogens (primary N) is 1. The molecule has 7 nitrogen and oxygen atoms in total. The molecule has 0 radical (unpaired) electrons. The first-order chi connectivity index (χ1) is 12.3. The number of anilines is 2. The summed E-state index contributed by atoms with van der Waals surface area (Å²) in [6.45, 7) is 4.77. The van der Waals surface area contributed by atoms with Crippen molar-refractivity contribution in [3.63, 3.8) is 0 Å². The highest BCUT2D eigenvalue weighted by molar-refractivity contribution is 5.88. The zero-order valence-corrected chi connectivity index (χ0v) is 14.1. The average molecular weight is 335 g/mol. The summed E-state index contributed by atoms with van der Waals surface area (Å²) < 4.78 is 2.07. The van der Waals surface area contributed by atoms with Gasteiger partial charge in [0.2, 0.25) is 0 Å². The SMILES string of the molecule is N#Cc1c(N)nc2c(c1-c1cc3n(n1)CCCNC3)N1CCC2CC1. The van der Waals surface area contributed by atoms with E-state index in [0.717, 1.165) is 80.3 Å². The van der Waals surface area contributed by atoms with Gasteiger partial charge in [-0.3, -0.25) is 4.68 Å². The summed E-state index contributed by atoms with van der Waals surface area (Å²) in [6, 6.07) is 4.39. The molecule has 4 aliphatic rings. The van der Waals surface area contributed by atoms with Crippen LogP contribution in [0.15, 0.2) is 6.07 Å². The zero-order valence-electron chi connectivity index (χ0n) is 14.1. The second kappa shape index (κ2) is 5.46. The van der Waals surface area contributed by atoms with Gasteiger partial charge in [-0.2, -0.15) is 10.4 Å². The third kappa shape index (κ3) is 2.14. The fourth-order valence-corrected chi connectivity index (χ4v) is 4.44. The van der Waals surface area contributed by atoms with Crippen LogP contribution in [-0.2, 0) is 13.1 Å². The van der Waals surface area contributed by atoms with Gasteiger partial charge in [-0.05, 0) is 31.9 Å². The van der Waals surface area contributed by atoms with Gasteiger partial charge in [-0.1, -0.05) is 0 Å². The van der Waals surface area contributed by atoms with Crippen LogP contribution in [0.3, 0.4) is 0 Å². The van der Waals surface area contributed by atoms with Crippen LogP contribution in [0, 0.1) is 11.3 Å². The highest BCUT2D eigenvalue weighted by Gasteiger charge is 2.37. The molecule has 2 aromatic heterocycles. The molecule has 0 aliphatic carbocycles. The highest BCUT2D eigenvalue weighted by atomic mass is 15.3. The van der Waals surface area contributed by atoms with Gasteiger partial charge in [0, 0.05) is 37.7 Å². The van der Waals surface area contributed by atoms with Gasteiger partial charge in [-0.15, -0.1) is 0 Å². The number of rotatable bonds is 1. The smallest absolute Gasteiger partial charge is 0.142 e. The summed E-state index contributed by atoms with van der Waals surface area (Å²) in [7, 11) is 0. The monoisotopic (exact) mass is 335 g/mol. The number of nitrogens with zero attached hydrogens (tertiary/aromatic N) is 5. The quantitative estimate of drug-likeness (QED) is 0.821. The van der Waals surface area contributed by atoms with Crippen LogP contribution in [0.4, 0.5) is 11.5 Å². The summed E-state index contributed by atoms with van der Waals surface area (Å²) in [5.74, 6) is 0.794. The van der Waals surface area contributed by atoms with E-state index >= 15 is 0 Å². The summed E-state index contributed by atoms with van der Waals surface area (Å²) in [6.07, 6.45) is 3.30. The number of hydrogen-bond donors (Lipinski definition) is 2. The van der Waals surface area contributed by atoms with E-state index in [4.69, 9.17) is 10.8 Å². The van der Waals surface area contributed by atoms with E-state index in [9.17, 15) is 5.26 Å². The Bertz CT molecular complexity index is 860. The van der Waals surface area contributed by atoms with Crippen LogP contribution in [0.25, 0.3) is 11.3 Å². The Morgan fingerprint density at radius 3 is 2.92 bits per heavy atom. The fourth-order valence-electron chi connectivity index (χ4n) is 4.44.